The number of hydrogen-bond acceptors (Lipinski definition) is 8. The number of ether oxygens (including phenoxy) is 2. The van der Waals surface area contributed by atoms with Gasteiger partial charge in [0.05, 0.1) is 13.2 Å². The van der Waals surface area contributed by atoms with Crippen molar-refractivity contribution < 1.29 is 37.6 Å². The fourth-order valence-electron chi connectivity index (χ4n) is 6.16. The van der Waals surface area contributed by atoms with Gasteiger partial charge in [-0.05, 0) is 103 Å². The SMILES string of the molecule is CC/C=C\C/C=C\C/C=C\C/C=C\C/C=C\C/C=C\C/C=C\C/C=C\C/C=C\CCCC(=O)OC(COC(=O)CCCCCCC/C=C\CCCCCCCC)COP(=O)(O)OCCN. The molecule has 0 heterocycles. The van der Waals surface area contributed by atoms with E-state index >= 15 is 0 Å². The minimum atomic E-state index is -4.41. The number of nitrogens with two attached hydrogens (primary N) is 1. The summed E-state index contributed by atoms with van der Waals surface area (Å²) in [6, 6.07) is 0. The van der Waals surface area contributed by atoms with Crippen LogP contribution in [0.5, 0.6) is 0 Å². The first kappa shape index (κ1) is 61.4. The average molecular weight is 924 g/mol. The second-order valence-electron chi connectivity index (χ2n) is 15.9. The van der Waals surface area contributed by atoms with Gasteiger partial charge in [0.2, 0.25) is 0 Å². The molecular weight excluding hydrogens is 834 g/mol. The predicted molar refractivity (Wildman–Crippen MR) is 274 cm³/mol. The summed E-state index contributed by atoms with van der Waals surface area (Å²) in [6.07, 6.45) is 68.2. The van der Waals surface area contributed by atoms with Crippen molar-refractivity contribution in [3.63, 3.8) is 0 Å². The van der Waals surface area contributed by atoms with Crippen molar-refractivity contribution in [1.82, 2.24) is 0 Å². The van der Waals surface area contributed by atoms with Crippen molar-refractivity contribution in [2.75, 3.05) is 26.4 Å². The summed E-state index contributed by atoms with van der Waals surface area (Å²) in [4.78, 5) is 35.0. The highest BCUT2D eigenvalue weighted by Crippen LogP contribution is 2.43. The lowest BCUT2D eigenvalue weighted by atomic mass is 10.1. The molecule has 10 heteroatoms. The van der Waals surface area contributed by atoms with Gasteiger partial charge in [-0.25, -0.2) is 4.57 Å². The Kier molecular flexibility index (Phi) is 47.1. The van der Waals surface area contributed by atoms with E-state index in [1.54, 1.807) is 0 Å². The molecule has 0 amide bonds. The van der Waals surface area contributed by atoms with Crippen LogP contribution in [0, 0.1) is 0 Å². The fraction of sp³-hybridized carbons (Fsp3) is 0.600. The highest BCUT2D eigenvalue weighted by atomic mass is 31.2. The zero-order valence-corrected chi connectivity index (χ0v) is 41.6. The normalized spacial score (nSPS) is 14.2. The first-order valence-electron chi connectivity index (χ1n) is 25.0. The van der Waals surface area contributed by atoms with Gasteiger partial charge in [-0.15, -0.1) is 0 Å². The van der Waals surface area contributed by atoms with Gasteiger partial charge in [-0.2, -0.15) is 0 Å². The van der Waals surface area contributed by atoms with Gasteiger partial charge in [0.25, 0.3) is 0 Å². The lowest BCUT2D eigenvalue weighted by Gasteiger charge is -2.19. The van der Waals surface area contributed by atoms with E-state index in [0.29, 0.717) is 19.3 Å². The molecule has 0 bridgehead atoms. The second-order valence-corrected chi connectivity index (χ2v) is 17.4. The standard InChI is InChI=1S/C55H90NO8P/c1-3-5-7-9-11-13-15-17-19-20-21-22-23-24-25-26-27-28-29-30-31-32-34-36-38-40-42-44-46-48-55(58)64-53(52-63-65(59,60)62-50-49-56)51-61-54(57)47-45-43-41-39-37-35-33-18-16-14-12-10-8-6-4-2/h5,7,11,13,17-19,21-22,24-25,27-28,30-31,33-34,36,40,42,53H,3-4,6,8-10,12,14-16,20,23,26,29,32,35,37-39,41,43-52,56H2,1-2H3,(H,59,60)/b7-5-,13-11-,19-17-,22-21-,25-24-,28-27-,31-30-,33-18-,36-34-,42-40-. The van der Waals surface area contributed by atoms with Crippen LogP contribution in [-0.2, 0) is 32.7 Å². The lowest BCUT2D eigenvalue weighted by molar-refractivity contribution is -0.161. The third-order valence-electron chi connectivity index (χ3n) is 9.83. The largest absolute Gasteiger partial charge is 0.472 e. The molecule has 368 valence electrons. The van der Waals surface area contributed by atoms with Gasteiger partial charge in [0, 0.05) is 19.4 Å². The number of carbonyl (C=O) groups excluding carboxylic acids is 2. The zero-order chi connectivity index (χ0) is 47.4. The molecule has 0 saturated heterocycles. The Labute approximate surface area is 396 Å². The third-order valence-corrected chi connectivity index (χ3v) is 10.8. The van der Waals surface area contributed by atoms with Crippen LogP contribution < -0.4 is 5.73 Å². The summed E-state index contributed by atoms with van der Waals surface area (Å²) in [5.74, 6) is -0.918. The molecule has 0 saturated carbocycles. The maximum atomic E-state index is 12.6. The molecule has 0 aliphatic heterocycles. The number of phosphoric ester groups is 1. The Hall–Kier alpha value is -3.59. The van der Waals surface area contributed by atoms with Gasteiger partial charge in [0.15, 0.2) is 6.10 Å². The molecule has 3 N–H and O–H groups in total. The smallest absolute Gasteiger partial charge is 0.462 e. The van der Waals surface area contributed by atoms with E-state index in [2.05, 4.69) is 129 Å². The van der Waals surface area contributed by atoms with Crippen LogP contribution in [0.15, 0.2) is 122 Å². The Balaban J connectivity index is 4.23. The molecule has 0 aromatic heterocycles. The van der Waals surface area contributed by atoms with E-state index < -0.39 is 32.5 Å². The van der Waals surface area contributed by atoms with E-state index in [-0.39, 0.29) is 32.6 Å². The van der Waals surface area contributed by atoms with Gasteiger partial charge < -0.3 is 20.1 Å². The second kappa shape index (κ2) is 49.8. The summed E-state index contributed by atoms with van der Waals surface area (Å²) >= 11 is 0. The molecular formula is C55H90NO8P. The first-order chi connectivity index (χ1) is 31.8. The molecule has 0 rings (SSSR count). The van der Waals surface area contributed by atoms with Crippen LogP contribution in [0.3, 0.4) is 0 Å². The molecule has 0 fully saturated rings. The highest BCUT2D eigenvalue weighted by molar-refractivity contribution is 7.47. The minimum absolute atomic E-state index is 0.0364. The number of unbranched alkanes of at least 4 members (excludes halogenated alkanes) is 12. The lowest BCUT2D eigenvalue weighted by Crippen LogP contribution is -2.29. The maximum Gasteiger partial charge on any atom is 0.472 e. The predicted octanol–water partition coefficient (Wildman–Crippen LogP) is 15.3. The molecule has 0 radical (unpaired) electrons. The fourth-order valence-corrected chi connectivity index (χ4v) is 6.92. The van der Waals surface area contributed by atoms with E-state index in [0.717, 1.165) is 89.9 Å². The quantitative estimate of drug-likeness (QED) is 0.0265. The zero-order valence-electron chi connectivity index (χ0n) is 40.7. The van der Waals surface area contributed by atoms with Crippen LogP contribution in [0.1, 0.15) is 181 Å². The van der Waals surface area contributed by atoms with Gasteiger partial charge >= 0.3 is 19.8 Å². The number of phosphoric acid groups is 1. The Bertz CT molecular complexity index is 1470. The van der Waals surface area contributed by atoms with Gasteiger partial charge in [0.1, 0.15) is 6.61 Å². The summed E-state index contributed by atoms with van der Waals surface area (Å²) in [6.45, 7) is 3.52. The van der Waals surface area contributed by atoms with Crippen LogP contribution >= 0.6 is 7.82 Å². The molecule has 0 spiro atoms. The highest BCUT2D eigenvalue weighted by Gasteiger charge is 2.26. The first-order valence-corrected chi connectivity index (χ1v) is 26.5. The van der Waals surface area contributed by atoms with E-state index in [1.807, 2.05) is 6.08 Å². The van der Waals surface area contributed by atoms with Crippen molar-refractivity contribution in [1.29, 1.82) is 0 Å². The average Bonchev–Trinajstić information content (AvgIpc) is 3.30. The van der Waals surface area contributed by atoms with E-state index in [1.165, 1.54) is 44.9 Å². The van der Waals surface area contributed by atoms with Crippen molar-refractivity contribution in [3.05, 3.63) is 122 Å². The maximum absolute atomic E-state index is 12.6. The topological polar surface area (TPSA) is 134 Å². The number of allylic oxidation sites excluding steroid dienone is 20. The van der Waals surface area contributed by atoms with E-state index in [4.69, 9.17) is 24.3 Å². The van der Waals surface area contributed by atoms with Crippen molar-refractivity contribution >= 4 is 19.8 Å². The number of rotatable bonds is 45. The number of hydrogen-bond donors (Lipinski definition) is 2. The molecule has 0 aliphatic carbocycles. The Morgan fingerprint density at radius 1 is 0.477 bits per heavy atom. The summed E-state index contributed by atoms with van der Waals surface area (Å²) in [7, 11) is -4.41. The van der Waals surface area contributed by atoms with E-state index in [9.17, 15) is 19.0 Å². The molecule has 65 heavy (non-hydrogen) atoms. The van der Waals surface area contributed by atoms with Crippen LogP contribution in [0.4, 0.5) is 0 Å². The van der Waals surface area contributed by atoms with Gasteiger partial charge in [-0.1, -0.05) is 187 Å². The molecule has 0 aromatic rings. The summed E-state index contributed by atoms with van der Waals surface area (Å²) in [5, 5.41) is 0. The molecule has 9 nitrogen and oxygen atoms in total. The third kappa shape index (κ3) is 49.7. The molecule has 0 aromatic carbocycles. The molecule has 2 unspecified atom stereocenters. The monoisotopic (exact) mass is 924 g/mol. The van der Waals surface area contributed by atoms with Crippen molar-refractivity contribution in [2.45, 2.75) is 187 Å². The molecule has 2 atom stereocenters. The number of carbonyl (C=O) groups is 2. The van der Waals surface area contributed by atoms with Crippen LogP contribution in [0.25, 0.3) is 0 Å². The van der Waals surface area contributed by atoms with Crippen LogP contribution in [0.2, 0.25) is 0 Å². The Morgan fingerprint density at radius 3 is 1.32 bits per heavy atom. The van der Waals surface area contributed by atoms with Crippen molar-refractivity contribution in [2.24, 2.45) is 5.73 Å². The van der Waals surface area contributed by atoms with Crippen molar-refractivity contribution in [3.8, 4) is 0 Å². The summed E-state index contributed by atoms with van der Waals surface area (Å²) < 4.78 is 32.8. The summed E-state index contributed by atoms with van der Waals surface area (Å²) in [5.41, 5.74) is 5.35. The number of esters is 2. The Morgan fingerprint density at radius 2 is 0.862 bits per heavy atom. The van der Waals surface area contributed by atoms with Gasteiger partial charge in [-0.3, -0.25) is 18.6 Å². The molecule has 0 aliphatic rings. The van der Waals surface area contributed by atoms with Crippen LogP contribution in [-0.4, -0.2) is 49.3 Å². The minimum Gasteiger partial charge on any atom is -0.462 e.